The zero-order valence-corrected chi connectivity index (χ0v) is 19.0. The average molecular weight is 439 g/mol. The van der Waals surface area contributed by atoms with Gasteiger partial charge in [0.15, 0.2) is 5.82 Å². The molecule has 1 N–H and O–H groups in total. The van der Waals surface area contributed by atoms with Gasteiger partial charge in [-0.25, -0.2) is 15.0 Å². The molecular weight excluding hydrogens is 412 g/mol. The van der Waals surface area contributed by atoms with Gasteiger partial charge in [-0.15, -0.1) is 0 Å². The fraction of sp³-hybridized carbons (Fsp3) is 0.333. The molecule has 0 radical (unpaired) electrons. The number of ether oxygens (including phenoxy) is 1. The van der Waals surface area contributed by atoms with Crippen molar-refractivity contribution < 1.29 is 9.84 Å². The third-order valence-corrected chi connectivity index (χ3v) is 7.34. The molecule has 6 nitrogen and oxygen atoms in total. The predicted octanol–water partition coefficient (Wildman–Crippen LogP) is 5.41. The number of methoxy groups -OCH3 is 1. The van der Waals surface area contributed by atoms with Crippen molar-refractivity contribution in [2.24, 2.45) is 11.8 Å². The number of allylic oxidation sites excluding steroid dienone is 2. The first-order valence-electron chi connectivity index (χ1n) is 11.3. The normalized spacial score (nSPS) is 23.9. The van der Waals surface area contributed by atoms with E-state index < -0.39 is 0 Å². The molecule has 166 valence electrons. The van der Waals surface area contributed by atoms with Crippen LogP contribution in [0.15, 0.2) is 60.0 Å². The maximum atomic E-state index is 10.7. The van der Waals surface area contributed by atoms with Crippen LogP contribution in [0.5, 0.6) is 5.88 Å². The highest BCUT2D eigenvalue weighted by Gasteiger charge is 2.50. The zero-order valence-electron chi connectivity index (χ0n) is 19.0. The molecule has 2 aliphatic rings. The van der Waals surface area contributed by atoms with Crippen LogP contribution < -0.4 is 4.74 Å². The van der Waals surface area contributed by atoms with Gasteiger partial charge < -0.3 is 9.84 Å². The van der Waals surface area contributed by atoms with Gasteiger partial charge >= 0.3 is 0 Å². The van der Waals surface area contributed by atoms with Gasteiger partial charge in [-0.2, -0.15) is 5.26 Å². The summed E-state index contributed by atoms with van der Waals surface area (Å²) in [6.45, 7) is 4.21. The smallest absolute Gasteiger partial charge is 0.213 e. The molecule has 5 rings (SSSR count). The number of nitrogens with zero attached hydrogens (tertiary/aromatic N) is 4. The second-order valence-electron chi connectivity index (χ2n) is 9.18. The van der Waals surface area contributed by atoms with Crippen LogP contribution in [0.4, 0.5) is 0 Å². The van der Waals surface area contributed by atoms with Crippen LogP contribution in [0.25, 0.3) is 22.6 Å². The Morgan fingerprint density at radius 1 is 1.15 bits per heavy atom. The Balaban J connectivity index is 1.77. The molecule has 0 fully saturated rings. The van der Waals surface area contributed by atoms with E-state index in [4.69, 9.17) is 14.7 Å². The van der Waals surface area contributed by atoms with E-state index in [0.717, 1.165) is 40.9 Å². The van der Waals surface area contributed by atoms with E-state index in [1.54, 1.807) is 13.3 Å². The summed E-state index contributed by atoms with van der Waals surface area (Å²) in [5.41, 5.74) is 5.00. The van der Waals surface area contributed by atoms with Crippen LogP contribution in [0.2, 0.25) is 0 Å². The molecular formula is C27H26N4O2. The minimum absolute atomic E-state index is 0.0915. The first-order valence-corrected chi connectivity index (χ1v) is 11.3. The van der Waals surface area contributed by atoms with E-state index in [2.05, 4.69) is 30.1 Å². The molecule has 6 heteroatoms. The van der Waals surface area contributed by atoms with Crippen molar-refractivity contribution in [3.05, 3.63) is 71.3 Å². The number of hydrogen-bond donors (Lipinski definition) is 1. The summed E-state index contributed by atoms with van der Waals surface area (Å²) in [5, 5.41) is 20.4. The van der Waals surface area contributed by atoms with Crippen LogP contribution in [-0.2, 0) is 11.8 Å². The summed E-state index contributed by atoms with van der Waals surface area (Å²) >= 11 is 0. The molecule has 2 aromatic heterocycles. The Morgan fingerprint density at radius 2 is 1.94 bits per heavy atom. The number of nitriles is 1. The maximum Gasteiger partial charge on any atom is 0.213 e. The van der Waals surface area contributed by atoms with Crippen molar-refractivity contribution in [2.75, 3.05) is 7.11 Å². The summed E-state index contributed by atoms with van der Waals surface area (Å²) in [4.78, 5) is 14.4. The number of aliphatic hydroxyl groups excluding tert-OH is 1. The van der Waals surface area contributed by atoms with Crippen LogP contribution in [0.1, 0.15) is 37.9 Å². The third-order valence-electron chi connectivity index (χ3n) is 7.34. The van der Waals surface area contributed by atoms with Crippen molar-refractivity contribution in [1.82, 2.24) is 15.0 Å². The van der Waals surface area contributed by atoms with Crippen LogP contribution >= 0.6 is 0 Å². The van der Waals surface area contributed by atoms with Gasteiger partial charge in [-0.3, -0.25) is 0 Å². The molecule has 0 unspecified atom stereocenters. The van der Waals surface area contributed by atoms with Gasteiger partial charge in [0.25, 0.3) is 0 Å². The summed E-state index contributed by atoms with van der Waals surface area (Å²) < 4.78 is 5.33. The Morgan fingerprint density at radius 3 is 2.67 bits per heavy atom. The second kappa shape index (κ2) is 8.00. The molecule has 3 aromatic rings. The largest absolute Gasteiger partial charge is 0.511 e. The molecule has 1 aromatic carbocycles. The Kier molecular flexibility index (Phi) is 5.13. The number of pyridine rings is 1. The molecule has 0 bridgehead atoms. The summed E-state index contributed by atoms with van der Waals surface area (Å²) in [7, 11) is 1.59. The second-order valence-corrected chi connectivity index (χ2v) is 9.18. The number of fused-ring (bicyclic) bond motifs is 3. The molecule has 2 aliphatic carbocycles. The van der Waals surface area contributed by atoms with Gasteiger partial charge in [-0.1, -0.05) is 44.2 Å². The molecule has 3 atom stereocenters. The molecule has 0 amide bonds. The highest BCUT2D eigenvalue weighted by atomic mass is 16.5. The Hall–Kier alpha value is -3.72. The topological polar surface area (TPSA) is 91.9 Å². The predicted molar refractivity (Wildman–Crippen MR) is 125 cm³/mol. The Bertz CT molecular complexity index is 1300. The zero-order chi connectivity index (χ0) is 23.2. The van der Waals surface area contributed by atoms with Gasteiger partial charge in [0.2, 0.25) is 5.88 Å². The number of hydrogen-bond acceptors (Lipinski definition) is 6. The van der Waals surface area contributed by atoms with Crippen molar-refractivity contribution >= 4 is 0 Å². The van der Waals surface area contributed by atoms with Gasteiger partial charge in [-0.05, 0) is 31.2 Å². The van der Waals surface area contributed by atoms with Gasteiger partial charge in [0, 0.05) is 40.3 Å². The third kappa shape index (κ3) is 3.36. The van der Waals surface area contributed by atoms with Crippen molar-refractivity contribution in [3.63, 3.8) is 0 Å². The quantitative estimate of drug-likeness (QED) is 0.588. The van der Waals surface area contributed by atoms with Crippen molar-refractivity contribution in [2.45, 2.75) is 38.5 Å². The first kappa shape index (κ1) is 21.1. The van der Waals surface area contributed by atoms with E-state index in [9.17, 15) is 10.4 Å². The van der Waals surface area contributed by atoms with E-state index in [1.165, 1.54) is 0 Å². The highest BCUT2D eigenvalue weighted by molar-refractivity contribution is 5.69. The highest BCUT2D eigenvalue weighted by Crippen LogP contribution is 2.54. The van der Waals surface area contributed by atoms with Crippen LogP contribution in [0.3, 0.4) is 0 Å². The summed E-state index contributed by atoms with van der Waals surface area (Å²) in [6.07, 6.45) is 3.92. The summed E-state index contributed by atoms with van der Waals surface area (Å²) in [5.74, 6) is 1.46. The number of aliphatic hydroxyl groups is 1. The monoisotopic (exact) mass is 438 g/mol. The molecule has 0 aliphatic heterocycles. The van der Waals surface area contributed by atoms with Gasteiger partial charge in [0.05, 0.1) is 30.1 Å². The lowest BCUT2D eigenvalue weighted by Gasteiger charge is -2.48. The SMILES string of the molecule is COc1cc(-c2nc(-c3ccccc3)c3c(n2)[C@]2(C)CC(C#N)=C(O)[C@H](C)[C@H]2CC3)ccn1. The first-order chi connectivity index (χ1) is 16.0. The number of benzene rings is 1. The molecule has 33 heavy (non-hydrogen) atoms. The lowest BCUT2D eigenvalue weighted by Crippen LogP contribution is -2.45. The lowest BCUT2D eigenvalue weighted by atomic mass is 9.56. The fourth-order valence-electron chi connectivity index (χ4n) is 5.65. The number of rotatable bonds is 3. The fourth-order valence-corrected chi connectivity index (χ4v) is 5.65. The average Bonchev–Trinajstić information content (AvgIpc) is 2.86. The van der Waals surface area contributed by atoms with Crippen LogP contribution in [0, 0.1) is 23.2 Å². The summed E-state index contributed by atoms with van der Waals surface area (Å²) in [6, 6.07) is 16.2. The maximum absolute atomic E-state index is 10.7. The standard InChI is InChI=1S/C27H26N4O2/c1-16-21-10-9-20-23(17-7-5-4-6-8-17)30-26(18-11-12-29-22(13-18)33-3)31-25(20)27(21,2)14-19(15-28)24(16)32/h4-8,11-13,16,21,32H,9-10,14H2,1-3H3/t16-,21-,27-/m1/s1. The van der Waals surface area contributed by atoms with Crippen molar-refractivity contribution in [1.29, 1.82) is 5.26 Å². The van der Waals surface area contributed by atoms with E-state index in [-0.39, 0.29) is 23.0 Å². The Labute approximate surface area is 193 Å². The number of aromatic nitrogens is 3. The minimum Gasteiger partial charge on any atom is -0.511 e. The van der Waals surface area contributed by atoms with E-state index in [0.29, 0.717) is 23.7 Å². The molecule has 0 saturated carbocycles. The van der Waals surface area contributed by atoms with E-state index in [1.807, 2.05) is 37.3 Å². The van der Waals surface area contributed by atoms with E-state index >= 15 is 0 Å². The van der Waals surface area contributed by atoms with Crippen molar-refractivity contribution in [3.8, 4) is 34.6 Å². The minimum atomic E-state index is -0.372. The van der Waals surface area contributed by atoms with Gasteiger partial charge in [0.1, 0.15) is 5.76 Å². The lowest BCUT2D eigenvalue weighted by molar-refractivity contribution is 0.136. The molecule has 0 saturated heterocycles. The van der Waals surface area contributed by atoms with Crippen LogP contribution in [-0.4, -0.2) is 27.2 Å². The molecule has 2 heterocycles. The molecule has 0 spiro atoms.